The van der Waals surface area contributed by atoms with Crippen LogP contribution in [0.4, 0.5) is 0 Å². The lowest BCUT2D eigenvalue weighted by molar-refractivity contribution is 0.355. The van der Waals surface area contributed by atoms with Gasteiger partial charge in [-0.05, 0) is 36.4 Å². The Morgan fingerprint density at radius 3 is 2.71 bits per heavy atom. The van der Waals surface area contributed by atoms with Crippen molar-refractivity contribution in [3.05, 3.63) is 69.2 Å². The fraction of sp³-hybridized carbons (Fsp3) is 0.150. The Labute approximate surface area is 170 Å². The lowest BCUT2D eigenvalue weighted by Crippen LogP contribution is -2.21. The maximum absolute atomic E-state index is 12.7. The lowest BCUT2D eigenvalue weighted by atomic mass is 10.2. The molecule has 0 saturated carbocycles. The molecule has 0 aliphatic heterocycles. The maximum Gasteiger partial charge on any atom is 0.261 e. The van der Waals surface area contributed by atoms with Crippen LogP contribution in [0.3, 0.4) is 0 Å². The predicted molar refractivity (Wildman–Crippen MR) is 111 cm³/mol. The summed E-state index contributed by atoms with van der Waals surface area (Å²) in [7, 11) is 3.20. The van der Waals surface area contributed by atoms with Crippen LogP contribution in [0, 0.1) is 0 Å². The van der Waals surface area contributed by atoms with Gasteiger partial charge in [0, 0.05) is 16.0 Å². The molecule has 4 aromatic rings. The van der Waals surface area contributed by atoms with Gasteiger partial charge in [-0.3, -0.25) is 9.36 Å². The first-order valence-corrected chi connectivity index (χ1v) is 9.66. The number of aromatic nitrogens is 3. The van der Waals surface area contributed by atoms with Crippen molar-refractivity contribution in [3.63, 3.8) is 0 Å². The van der Waals surface area contributed by atoms with Gasteiger partial charge in [0.1, 0.15) is 5.01 Å². The summed E-state index contributed by atoms with van der Waals surface area (Å²) in [6.45, 7) is 0.331. The molecule has 6 nitrogen and oxygen atoms in total. The molecular formula is C20H16ClN3O3S. The first kappa shape index (κ1) is 18.5. The molecule has 0 N–H and O–H groups in total. The maximum atomic E-state index is 12.7. The molecule has 0 atom stereocenters. The van der Waals surface area contributed by atoms with E-state index in [1.165, 1.54) is 22.2 Å². The molecule has 0 fully saturated rings. The quantitative estimate of drug-likeness (QED) is 0.489. The Balaban J connectivity index is 1.65. The molecule has 0 bridgehead atoms. The SMILES string of the molecule is COc1ccc(-c2nc(Cn3cnc4ccc(Cl)cc4c3=O)cs2)cc1OC. The van der Waals surface area contributed by atoms with Crippen LogP contribution in [-0.4, -0.2) is 28.8 Å². The number of nitrogens with zero attached hydrogens (tertiary/aromatic N) is 3. The highest BCUT2D eigenvalue weighted by Gasteiger charge is 2.11. The van der Waals surface area contributed by atoms with Gasteiger partial charge >= 0.3 is 0 Å². The molecule has 0 aliphatic rings. The minimum Gasteiger partial charge on any atom is -0.493 e. The summed E-state index contributed by atoms with van der Waals surface area (Å²) in [5.74, 6) is 1.30. The molecule has 142 valence electrons. The highest BCUT2D eigenvalue weighted by molar-refractivity contribution is 7.13. The van der Waals surface area contributed by atoms with Gasteiger partial charge in [0.05, 0.1) is 43.7 Å². The molecule has 2 heterocycles. The number of methoxy groups -OCH3 is 2. The largest absolute Gasteiger partial charge is 0.493 e. The second-order valence-electron chi connectivity index (χ2n) is 6.05. The number of thiazole rings is 1. The fourth-order valence-corrected chi connectivity index (χ4v) is 3.88. The van der Waals surface area contributed by atoms with Gasteiger partial charge in [0.2, 0.25) is 0 Å². The topological polar surface area (TPSA) is 66.2 Å². The number of halogens is 1. The van der Waals surface area contributed by atoms with E-state index in [0.29, 0.717) is 34.0 Å². The van der Waals surface area contributed by atoms with E-state index in [9.17, 15) is 4.79 Å². The van der Waals surface area contributed by atoms with Crippen LogP contribution in [0.2, 0.25) is 5.02 Å². The van der Waals surface area contributed by atoms with Crippen molar-refractivity contribution in [1.82, 2.24) is 14.5 Å². The Morgan fingerprint density at radius 2 is 1.93 bits per heavy atom. The minimum atomic E-state index is -0.145. The molecule has 0 spiro atoms. The van der Waals surface area contributed by atoms with E-state index < -0.39 is 0 Å². The average molecular weight is 414 g/mol. The summed E-state index contributed by atoms with van der Waals surface area (Å²) in [5.41, 5.74) is 2.17. The normalized spacial score (nSPS) is 11.0. The number of ether oxygens (including phenoxy) is 2. The van der Waals surface area contributed by atoms with Crippen LogP contribution in [0.25, 0.3) is 21.5 Å². The van der Waals surface area contributed by atoms with Crippen LogP contribution in [0.5, 0.6) is 11.5 Å². The van der Waals surface area contributed by atoms with Crippen molar-refractivity contribution in [3.8, 4) is 22.1 Å². The molecule has 0 saturated heterocycles. The molecule has 28 heavy (non-hydrogen) atoms. The highest BCUT2D eigenvalue weighted by Crippen LogP contribution is 2.33. The molecule has 0 amide bonds. The molecule has 0 aliphatic carbocycles. The van der Waals surface area contributed by atoms with E-state index in [1.54, 1.807) is 32.4 Å². The third kappa shape index (κ3) is 3.46. The third-order valence-corrected chi connectivity index (χ3v) is 5.48. The molecular weight excluding hydrogens is 398 g/mol. The monoisotopic (exact) mass is 413 g/mol. The molecule has 2 aromatic carbocycles. The second kappa shape index (κ2) is 7.61. The van der Waals surface area contributed by atoms with E-state index in [2.05, 4.69) is 9.97 Å². The molecule has 2 aromatic heterocycles. The lowest BCUT2D eigenvalue weighted by Gasteiger charge is -2.08. The van der Waals surface area contributed by atoms with Crippen molar-refractivity contribution >= 4 is 33.8 Å². The predicted octanol–water partition coefficient (Wildman–Crippen LogP) is 4.24. The summed E-state index contributed by atoms with van der Waals surface area (Å²) in [5, 5.41) is 3.76. The van der Waals surface area contributed by atoms with Crippen LogP contribution >= 0.6 is 22.9 Å². The summed E-state index contributed by atoms with van der Waals surface area (Å²) in [6.07, 6.45) is 1.54. The number of benzene rings is 2. The summed E-state index contributed by atoms with van der Waals surface area (Å²) >= 11 is 7.52. The third-order valence-electron chi connectivity index (χ3n) is 4.30. The molecule has 8 heteroatoms. The Morgan fingerprint density at radius 1 is 1.11 bits per heavy atom. The number of rotatable bonds is 5. The zero-order valence-corrected chi connectivity index (χ0v) is 16.8. The number of fused-ring (bicyclic) bond motifs is 1. The summed E-state index contributed by atoms with van der Waals surface area (Å²) in [6, 6.07) is 10.7. The zero-order valence-electron chi connectivity index (χ0n) is 15.2. The van der Waals surface area contributed by atoms with Crippen molar-refractivity contribution in [2.24, 2.45) is 0 Å². The van der Waals surface area contributed by atoms with Crippen molar-refractivity contribution in [2.45, 2.75) is 6.54 Å². The zero-order chi connectivity index (χ0) is 19.7. The van der Waals surface area contributed by atoms with E-state index in [0.717, 1.165) is 16.3 Å². The van der Waals surface area contributed by atoms with Crippen molar-refractivity contribution in [2.75, 3.05) is 14.2 Å². The van der Waals surface area contributed by atoms with Gasteiger partial charge in [-0.25, -0.2) is 9.97 Å². The van der Waals surface area contributed by atoms with Gasteiger partial charge in [0.15, 0.2) is 11.5 Å². The Bertz CT molecular complexity index is 1220. The summed E-state index contributed by atoms with van der Waals surface area (Å²) < 4.78 is 12.2. The van der Waals surface area contributed by atoms with Gasteiger partial charge in [-0.2, -0.15) is 0 Å². The van der Waals surface area contributed by atoms with E-state index in [-0.39, 0.29) is 5.56 Å². The molecule has 0 unspecified atom stereocenters. The average Bonchev–Trinajstić information content (AvgIpc) is 3.18. The Hall–Kier alpha value is -2.90. The van der Waals surface area contributed by atoms with Crippen LogP contribution in [0.1, 0.15) is 5.69 Å². The fourth-order valence-electron chi connectivity index (χ4n) is 2.90. The van der Waals surface area contributed by atoms with Crippen LogP contribution in [0.15, 0.2) is 52.9 Å². The number of hydrogen-bond donors (Lipinski definition) is 0. The van der Waals surface area contributed by atoms with Crippen molar-refractivity contribution < 1.29 is 9.47 Å². The standard InChI is InChI=1S/C20H16ClN3O3S/c1-26-17-6-3-12(7-18(17)27-2)19-23-14(10-28-19)9-24-11-22-16-5-4-13(21)8-15(16)20(24)25/h3-8,10-11H,9H2,1-2H3. The first-order chi connectivity index (χ1) is 13.6. The Kier molecular flexibility index (Phi) is 5.02. The van der Waals surface area contributed by atoms with Crippen LogP contribution in [-0.2, 0) is 6.54 Å². The van der Waals surface area contributed by atoms with Gasteiger partial charge in [0.25, 0.3) is 5.56 Å². The minimum absolute atomic E-state index is 0.145. The smallest absolute Gasteiger partial charge is 0.261 e. The second-order valence-corrected chi connectivity index (χ2v) is 7.35. The summed E-state index contributed by atoms with van der Waals surface area (Å²) in [4.78, 5) is 21.7. The highest BCUT2D eigenvalue weighted by atomic mass is 35.5. The van der Waals surface area contributed by atoms with E-state index in [4.69, 9.17) is 21.1 Å². The van der Waals surface area contributed by atoms with Gasteiger partial charge in [-0.15, -0.1) is 11.3 Å². The molecule has 4 rings (SSSR count). The van der Waals surface area contributed by atoms with Gasteiger partial charge in [-0.1, -0.05) is 11.6 Å². The van der Waals surface area contributed by atoms with E-state index >= 15 is 0 Å². The molecule has 0 radical (unpaired) electrons. The van der Waals surface area contributed by atoms with Gasteiger partial charge < -0.3 is 9.47 Å². The van der Waals surface area contributed by atoms with Crippen LogP contribution < -0.4 is 15.0 Å². The number of hydrogen-bond acceptors (Lipinski definition) is 6. The van der Waals surface area contributed by atoms with E-state index in [1.807, 2.05) is 23.6 Å². The first-order valence-electron chi connectivity index (χ1n) is 8.40. The van der Waals surface area contributed by atoms with Crippen molar-refractivity contribution in [1.29, 1.82) is 0 Å².